The topological polar surface area (TPSA) is 307 Å². The van der Waals surface area contributed by atoms with E-state index >= 15 is 0 Å². The largest absolute Gasteiger partial charge is 0.394 e. The van der Waals surface area contributed by atoms with Gasteiger partial charge in [-0.2, -0.15) is 0 Å². The Kier molecular flexibility index (Phi) is 60.6. The summed E-state index contributed by atoms with van der Waals surface area (Å²) >= 11 is 0. The molecule has 3 fully saturated rings. The van der Waals surface area contributed by atoms with Crippen LogP contribution in [0, 0.1) is 0 Å². The Hall–Kier alpha value is -3.29. The number of unbranched alkanes of at least 4 members (excludes halogenated alkanes) is 37. The molecule has 17 atom stereocenters. The number of aliphatic hydroxyl groups excluding tert-OH is 11. The van der Waals surface area contributed by atoms with Crippen molar-refractivity contribution in [3.63, 3.8) is 0 Å². The average molecular weight is 1500 g/mol. The lowest BCUT2D eigenvalue weighted by Gasteiger charge is -2.48. The first-order valence-electron chi connectivity index (χ1n) is 42.5. The first-order chi connectivity index (χ1) is 51.8. The first kappa shape index (κ1) is 96.9. The Morgan fingerprint density at radius 1 is 0.349 bits per heavy atom. The summed E-state index contributed by atoms with van der Waals surface area (Å²) < 4.78 is 34.5. The van der Waals surface area contributed by atoms with Gasteiger partial charge in [0.2, 0.25) is 5.91 Å². The van der Waals surface area contributed by atoms with Crippen LogP contribution in [0.2, 0.25) is 0 Å². The van der Waals surface area contributed by atoms with Crippen LogP contribution in [-0.4, -0.2) is 193 Å². The number of hydrogen-bond acceptors (Lipinski definition) is 18. The molecule has 1 amide bonds. The van der Waals surface area contributed by atoms with Crippen LogP contribution in [0.15, 0.2) is 97.2 Å². The Balaban J connectivity index is 1.37. The zero-order valence-corrected chi connectivity index (χ0v) is 65.9. The fourth-order valence-electron chi connectivity index (χ4n) is 13.9. The predicted octanol–water partition coefficient (Wildman–Crippen LogP) is 15.1. The van der Waals surface area contributed by atoms with Crippen molar-refractivity contribution in [2.45, 2.75) is 420 Å². The number of carbonyl (C=O) groups is 1. The molecule has 3 aliphatic heterocycles. The van der Waals surface area contributed by atoms with Gasteiger partial charge in [0.05, 0.1) is 38.6 Å². The lowest BCUT2D eigenvalue weighted by atomic mass is 9.96. The highest BCUT2D eigenvalue weighted by Crippen LogP contribution is 2.33. The van der Waals surface area contributed by atoms with Crippen LogP contribution in [0.3, 0.4) is 0 Å². The molecule has 17 unspecified atom stereocenters. The fraction of sp³-hybridized carbons (Fsp3) is 0.805. The van der Waals surface area contributed by atoms with E-state index in [0.29, 0.717) is 12.8 Å². The number of aliphatic hydroxyl groups is 11. The molecule has 19 heteroatoms. The minimum Gasteiger partial charge on any atom is -0.394 e. The van der Waals surface area contributed by atoms with Crippen LogP contribution in [0.4, 0.5) is 0 Å². The predicted molar refractivity (Wildman–Crippen MR) is 424 cm³/mol. The Labute approximate surface area is 641 Å². The zero-order valence-electron chi connectivity index (χ0n) is 65.9. The first-order valence-corrected chi connectivity index (χ1v) is 42.5. The number of amides is 1. The Morgan fingerprint density at radius 2 is 0.660 bits per heavy atom. The quantitative estimate of drug-likeness (QED) is 0.0199. The SMILES string of the molecule is CC/C=C\C/C=C\C/C=C\C/C=C\C/C=C\C/C=C\CCCCCCCCCCCCCCCCC(=O)NC(COC1OC(CO)C(OC2OC(CO)C(OC3OC(CO)C(O)C(O)C3O)C(O)C2O)C(O)C1O)C(O)/C=C/CC/C=C/CCCCCCCCCCCCCCCCCCCCCCCC. The molecule has 0 spiro atoms. The summed E-state index contributed by atoms with van der Waals surface area (Å²) in [7, 11) is 0. The molecule has 0 aromatic heterocycles. The normalized spacial score (nSPS) is 26.1. The summed E-state index contributed by atoms with van der Waals surface area (Å²) in [6.45, 7) is 1.64. The van der Waals surface area contributed by atoms with Gasteiger partial charge in [0, 0.05) is 6.42 Å². The number of hydrogen-bond donors (Lipinski definition) is 12. The van der Waals surface area contributed by atoms with Crippen LogP contribution >= 0.6 is 0 Å². The minimum atomic E-state index is -1.99. The third kappa shape index (κ3) is 45.3. The van der Waals surface area contributed by atoms with Crippen molar-refractivity contribution in [2.24, 2.45) is 0 Å². The molecule has 3 rings (SSSR count). The van der Waals surface area contributed by atoms with Gasteiger partial charge >= 0.3 is 0 Å². The third-order valence-electron chi connectivity index (χ3n) is 20.6. The second-order valence-electron chi connectivity index (χ2n) is 29.9. The number of nitrogens with one attached hydrogen (secondary N) is 1. The highest BCUT2D eigenvalue weighted by Gasteiger charge is 2.54. The summed E-state index contributed by atoms with van der Waals surface area (Å²) in [4.78, 5) is 13.5. The standard InChI is InChI=1S/C87H153NO18/c1-3-5-7-9-11-13-15-17-19-21-23-25-27-29-31-33-34-35-36-37-39-41-43-45-47-49-51-53-55-57-59-61-63-65-75(93)88-70(71(92)64-62-60-58-56-54-52-50-48-46-44-42-40-38-32-30-28-26-24-22-20-18-16-14-12-10-8-6-4-2)69-101-85-81(99)78(96)83(73(67-90)103-85)106-87-82(100)79(97)84(74(68-91)104-87)105-86-80(98)77(95)76(94)72(66-89)102-86/h5,7,11,13,17,19,23,25,29,31,34-35,54,56,62,64,70-74,76-87,89-92,94-100H,3-4,6,8-10,12,14-16,18,20-22,24,26-28,30,32-33,36-53,55,57-61,63,65-69H2,1-2H3,(H,88,93)/b7-5-,13-11-,19-17-,25-23-,31-29-,35-34-,56-54+,64-62+. The molecule has 19 nitrogen and oxygen atoms in total. The maximum Gasteiger partial charge on any atom is 0.220 e. The van der Waals surface area contributed by atoms with Crippen LogP contribution in [0.1, 0.15) is 316 Å². The van der Waals surface area contributed by atoms with Gasteiger partial charge in [-0.3, -0.25) is 4.79 Å². The molecule has 0 bridgehead atoms. The van der Waals surface area contributed by atoms with Crippen molar-refractivity contribution >= 4 is 5.91 Å². The maximum absolute atomic E-state index is 13.5. The molecular weight excluding hydrogens is 1350 g/mol. The summed E-state index contributed by atoms with van der Waals surface area (Å²) in [6, 6.07) is -0.998. The Bertz CT molecular complexity index is 2290. The van der Waals surface area contributed by atoms with E-state index in [0.717, 1.165) is 83.5 Å². The van der Waals surface area contributed by atoms with Crippen molar-refractivity contribution in [3.05, 3.63) is 97.2 Å². The van der Waals surface area contributed by atoms with E-state index in [1.54, 1.807) is 6.08 Å². The lowest BCUT2D eigenvalue weighted by Crippen LogP contribution is -2.66. The fourth-order valence-corrected chi connectivity index (χ4v) is 13.9. The molecular formula is C87H153NO18. The molecule has 0 radical (unpaired) electrons. The Morgan fingerprint density at radius 3 is 1.06 bits per heavy atom. The summed E-state index contributed by atoms with van der Waals surface area (Å²) in [5.41, 5.74) is 0. The van der Waals surface area contributed by atoms with Gasteiger partial charge in [-0.1, -0.05) is 323 Å². The summed E-state index contributed by atoms with van der Waals surface area (Å²) in [6.07, 6.45) is 64.0. The van der Waals surface area contributed by atoms with E-state index in [1.807, 2.05) is 6.08 Å². The van der Waals surface area contributed by atoms with Gasteiger partial charge in [0.25, 0.3) is 0 Å². The molecule has 0 aromatic rings. The molecule has 3 heterocycles. The molecule has 0 aliphatic carbocycles. The number of allylic oxidation sites excluding steroid dienone is 15. The van der Waals surface area contributed by atoms with Crippen molar-refractivity contribution in [1.29, 1.82) is 0 Å². The van der Waals surface area contributed by atoms with Crippen LogP contribution < -0.4 is 5.32 Å². The van der Waals surface area contributed by atoms with Crippen molar-refractivity contribution in [2.75, 3.05) is 26.4 Å². The second kappa shape index (κ2) is 66.3. The van der Waals surface area contributed by atoms with Crippen molar-refractivity contribution < 1.29 is 89.4 Å². The average Bonchev–Trinajstić information content (AvgIpc) is 0.781. The minimum absolute atomic E-state index is 0.230. The second-order valence-corrected chi connectivity index (χ2v) is 29.9. The summed E-state index contributed by atoms with van der Waals surface area (Å²) in [5.74, 6) is -0.286. The van der Waals surface area contributed by atoms with E-state index in [1.165, 1.54) is 199 Å². The summed E-state index contributed by atoms with van der Waals surface area (Å²) in [5, 5.41) is 121. The number of carbonyl (C=O) groups excluding carboxylic acids is 1. The molecule has 12 N–H and O–H groups in total. The van der Waals surface area contributed by atoms with E-state index < -0.39 is 124 Å². The van der Waals surface area contributed by atoms with Gasteiger partial charge in [-0.15, -0.1) is 0 Å². The molecule has 0 saturated carbocycles. The molecule has 106 heavy (non-hydrogen) atoms. The van der Waals surface area contributed by atoms with Crippen molar-refractivity contribution in [1.82, 2.24) is 5.32 Å². The molecule has 3 aliphatic rings. The molecule has 614 valence electrons. The van der Waals surface area contributed by atoms with Gasteiger partial charge in [0.1, 0.15) is 73.2 Å². The lowest BCUT2D eigenvalue weighted by molar-refractivity contribution is -0.379. The van der Waals surface area contributed by atoms with Gasteiger partial charge < -0.3 is 89.9 Å². The van der Waals surface area contributed by atoms with Gasteiger partial charge in [-0.05, 0) is 83.5 Å². The highest BCUT2D eigenvalue weighted by molar-refractivity contribution is 5.76. The number of ether oxygens (including phenoxy) is 6. The maximum atomic E-state index is 13.5. The smallest absolute Gasteiger partial charge is 0.220 e. The number of rotatable bonds is 67. The third-order valence-corrected chi connectivity index (χ3v) is 20.6. The molecule has 3 saturated heterocycles. The van der Waals surface area contributed by atoms with E-state index in [9.17, 15) is 61.0 Å². The van der Waals surface area contributed by atoms with E-state index in [2.05, 4.69) is 104 Å². The van der Waals surface area contributed by atoms with E-state index in [-0.39, 0.29) is 18.9 Å². The van der Waals surface area contributed by atoms with Crippen LogP contribution in [0.25, 0.3) is 0 Å². The highest BCUT2D eigenvalue weighted by atomic mass is 16.8. The van der Waals surface area contributed by atoms with E-state index in [4.69, 9.17) is 28.4 Å². The van der Waals surface area contributed by atoms with Gasteiger partial charge in [0.15, 0.2) is 18.9 Å². The van der Waals surface area contributed by atoms with Crippen LogP contribution in [0.5, 0.6) is 0 Å². The monoisotopic (exact) mass is 1500 g/mol. The zero-order chi connectivity index (χ0) is 76.7. The molecule has 0 aromatic carbocycles. The van der Waals surface area contributed by atoms with Crippen molar-refractivity contribution in [3.8, 4) is 0 Å². The van der Waals surface area contributed by atoms with Crippen LogP contribution in [-0.2, 0) is 33.2 Å². The van der Waals surface area contributed by atoms with Gasteiger partial charge in [-0.25, -0.2) is 0 Å².